The van der Waals surface area contributed by atoms with Crippen LogP contribution in [0, 0.1) is 5.92 Å². The molecule has 2 rings (SSSR count). The van der Waals surface area contributed by atoms with Crippen molar-refractivity contribution in [1.82, 2.24) is 4.90 Å². The second kappa shape index (κ2) is 7.25. The zero-order valence-corrected chi connectivity index (χ0v) is 12.0. The normalized spacial score (nSPS) is 22.2. The number of allylic oxidation sites excluding steroid dienone is 1. The standard InChI is InChI=1S/C17H24N2O/c1-2-7-15-12-16(13-18)19(17(15)20)11-6-10-14-8-4-3-5-9-14/h2-5,8-9,15-16H,1,6-7,10-13,18H2/t15-,16-/m0/s1. The predicted molar refractivity (Wildman–Crippen MR) is 82.2 cm³/mol. The zero-order valence-electron chi connectivity index (χ0n) is 12.0. The third-order valence-corrected chi connectivity index (χ3v) is 4.06. The van der Waals surface area contributed by atoms with Gasteiger partial charge in [0.05, 0.1) is 0 Å². The molecule has 3 heteroatoms. The van der Waals surface area contributed by atoms with Crippen molar-refractivity contribution in [3.8, 4) is 0 Å². The number of amides is 1. The summed E-state index contributed by atoms with van der Waals surface area (Å²) in [5, 5.41) is 0. The number of hydrogen-bond donors (Lipinski definition) is 1. The average Bonchev–Trinajstić information content (AvgIpc) is 2.77. The van der Waals surface area contributed by atoms with Gasteiger partial charge in [0.1, 0.15) is 0 Å². The number of carbonyl (C=O) groups is 1. The molecule has 0 spiro atoms. The summed E-state index contributed by atoms with van der Waals surface area (Å²) in [6.07, 6.45) is 5.49. The molecule has 0 aliphatic carbocycles. The van der Waals surface area contributed by atoms with Crippen molar-refractivity contribution < 1.29 is 4.79 Å². The molecule has 2 atom stereocenters. The summed E-state index contributed by atoms with van der Waals surface area (Å²) in [7, 11) is 0. The Hall–Kier alpha value is -1.61. The molecular formula is C17H24N2O. The molecule has 0 saturated carbocycles. The lowest BCUT2D eigenvalue weighted by Crippen LogP contribution is -2.39. The molecule has 1 saturated heterocycles. The van der Waals surface area contributed by atoms with E-state index in [1.165, 1.54) is 5.56 Å². The number of nitrogens with zero attached hydrogens (tertiary/aromatic N) is 1. The lowest BCUT2D eigenvalue weighted by molar-refractivity contribution is -0.131. The van der Waals surface area contributed by atoms with Gasteiger partial charge in [0.25, 0.3) is 0 Å². The highest BCUT2D eigenvalue weighted by Gasteiger charge is 2.37. The summed E-state index contributed by atoms with van der Waals surface area (Å²) in [4.78, 5) is 14.3. The summed E-state index contributed by atoms with van der Waals surface area (Å²) in [6, 6.07) is 10.6. The van der Waals surface area contributed by atoms with Gasteiger partial charge in [-0.15, -0.1) is 6.58 Å². The third-order valence-electron chi connectivity index (χ3n) is 4.06. The van der Waals surface area contributed by atoms with Crippen molar-refractivity contribution in [2.45, 2.75) is 31.7 Å². The maximum Gasteiger partial charge on any atom is 0.226 e. The van der Waals surface area contributed by atoms with E-state index in [2.05, 4.69) is 30.8 Å². The monoisotopic (exact) mass is 272 g/mol. The van der Waals surface area contributed by atoms with Crippen LogP contribution in [0.25, 0.3) is 0 Å². The Bertz CT molecular complexity index is 444. The molecule has 1 aliphatic heterocycles. The van der Waals surface area contributed by atoms with E-state index >= 15 is 0 Å². The molecule has 1 aliphatic rings. The van der Waals surface area contributed by atoms with E-state index < -0.39 is 0 Å². The lowest BCUT2D eigenvalue weighted by Gasteiger charge is -2.23. The molecule has 1 heterocycles. The van der Waals surface area contributed by atoms with Gasteiger partial charge in [-0.05, 0) is 31.2 Å². The molecule has 0 bridgehead atoms. The number of benzene rings is 1. The fourth-order valence-electron chi connectivity index (χ4n) is 2.98. The van der Waals surface area contributed by atoms with E-state index in [4.69, 9.17) is 5.73 Å². The summed E-state index contributed by atoms with van der Waals surface area (Å²) in [5.41, 5.74) is 7.13. The van der Waals surface area contributed by atoms with Crippen molar-refractivity contribution in [1.29, 1.82) is 0 Å². The highest BCUT2D eigenvalue weighted by molar-refractivity contribution is 5.81. The van der Waals surface area contributed by atoms with E-state index in [1.807, 2.05) is 17.0 Å². The number of hydrogen-bond acceptors (Lipinski definition) is 2. The van der Waals surface area contributed by atoms with E-state index in [0.29, 0.717) is 6.54 Å². The van der Waals surface area contributed by atoms with Crippen LogP contribution in [-0.2, 0) is 11.2 Å². The van der Waals surface area contributed by atoms with Gasteiger partial charge in [0.15, 0.2) is 0 Å². The topological polar surface area (TPSA) is 46.3 Å². The van der Waals surface area contributed by atoms with E-state index in [9.17, 15) is 4.79 Å². The fraction of sp³-hybridized carbons (Fsp3) is 0.471. The molecule has 20 heavy (non-hydrogen) atoms. The van der Waals surface area contributed by atoms with E-state index in [-0.39, 0.29) is 17.9 Å². The Balaban J connectivity index is 1.87. The van der Waals surface area contributed by atoms with Crippen molar-refractivity contribution in [3.05, 3.63) is 48.6 Å². The van der Waals surface area contributed by atoms with Crippen LogP contribution in [-0.4, -0.2) is 29.9 Å². The molecule has 2 N–H and O–H groups in total. The van der Waals surface area contributed by atoms with Gasteiger partial charge in [-0.25, -0.2) is 0 Å². The van der Waals surface area contributed by atoms with Gasteiger partial charge < -0.3 is 10.6 Å². The average molecular weight is 272 g/mol. The van der Waals surface area contributed by atoms with Gasteiger partial charge >= 0.3 is 0 Å². The van der Waals surface area contributed by atoms with Crippen LogP contribution in [0.15, 0.2) is 43.0 Å². The maximum atomic E-state index is 12.3. The summed E-state index contributed by atoms with van der Waals surface area (Å²) in [5.74, 6) is 0.353. The van der Waals surface area contributed by atoms with Crippen molar-refractivity contribution in [3.63, 3.8) is 0 Å². The van der Waals surface area contributed by atoms with Crippen molar-refractivity contribution in [2.24, 2.45) is 11.7 Å². The molecule has 1 amide bonds. The molecule has 1 aromatic carbocycles. The van der Waals surface area contributed by atoms with Gasteiger partial charge in [0.2, 0.25) is 5.91 Å². The first kappa shape index (κ1) is 14.8. The highest BCUT2D eigenvalue weighted by Crippen LogP contribution is 2.27. The number of rotatable bonds is 7. The molecule has 0 aromatic heterocycles. The number of aryl methyl sites for hydroxylation is 1. The Kier molecular flexibility index (Phi) is 5.36. The summed E-state index contributed by atoms with van der Waals surface area (Å²) >= 11 is 0. The minimum Gasteiger partial charge on any atom is -0.338 e. The molecule has 1 aromatic rings. The first-order chi connectivity index (χ1) is 9.76. The first-order valence-corrected chi connectivity index (χ1v) is 7.41. The fourth-order valence-corrected chi connectivity index (χ4v) is 2.98. The Morgan fingerprint density at radius 3 is 2.75 bits per heavy atom. The van der Waals surface area contributed by atoms with Crippen LogP contribution in [0.4, 0.5) is 0 Å². The summed E-state index contributed by atoms with van der Waals surface area (Å²) in [6.45, 7) is 5.10. The maximum absolute atomic E-state index is 12.3. The second-order valence-electron chi connectivity index (χ2n) is 5.47. The van der Waals surface area contributed by atoms with Crippen LogP contribution >= 0.6 is 0 Å². The van der Waals surface area contributed by atoms with Crippen LogP contribution < -0.4 is 5.73 Å². The largest absolute Gasteiger partial charge is 0.338 e. The molecule has 3 nitrogen and oxygen atoms in total. The molecule has 0 unspecified atom stereocenters. The Labute approximate surface area is 121 Å². The predicted octanol–water partition coefficient (Wildman–Crippen LogP) is 2.37. The van der Waals surface area contributed by atoms with Crippen molar-refractivity contribution >= 4 is 5.91 Å². The third kappa shape index (κ3) is 3.48. The van der Waals surface area contributed by atoms with Crippen LogP contribution in [0.2, 0.25) is 0 Å². The Morgan fingerprint density at radius 1 is 1.35 bits per heavy atom. The SMILES string of the molecule is C=CC[C@H]1C[C@@H](CN)N(CCCc2ccccc2)C1=O. The van der Waals surface area contributed by atoms with Crippen LogP contribution in [0.3, 0.4) is 0 Å². The molecule has 1 fully saturated rings. The van der Waals surface area contributed by atoms with Crippen molar-refractivity contribution in [2.75, 3.05) is 13.1 Å². The first-order valence-electron chi connectivity index (χ1n) is 7.41. The van der Waals surface area contributed by atoms with E-state index in [1.54, 1.807) is 0 Å². The molecule has 108 valence electrons. The smallest absolute Gasteiger partial charge is 0.226 e. The zero-order chi connectivity index (χ0) is 14.4. The second-order valence-corrected chi connectivity index (χ2v) is 5.47. The number of carbonyl (C=O) groups excluding carboxylic acids is 1. The minimum atomic E-state index is 0.0952. The van der Waals surface area contributed by atoms with Gasteiger partial charge in [-0.1, -0.05) is 36.4 Å². The quantitative estimate of drug-likeness (QED) is 0.775. The van der Waals surface area contributed by atoms with Gasteiger partial charge in [-0.2, -0.15) is 0 Å². The lowest BCUT2D eigenvalue weighted by atomic mass is 10.0. The highest BCUT2D eigenvalue weighted by atomic mass is 16.2. The van der Waals surface area contributed by atoms with Crippen LogP contribution in [0.1, 0.15) is 24.8 Å². The molecule has 0 radical (unpaired) electrons. The van der Waals surface area contributed by atoms with Crippen LogP contribution in [0.5, 0.6) is 0 Å². The minimum absolute atomic E-state index is 0.0952. The van der Waals surface area contributed by atoms with E-state index in [0.717, 1.165) is 32.2 Å². The Morgan fingerprint density at radius 2 is 2.10 bits per heavy atom. The number of nitrogens with two attached hydrogens (primary N) is 1. The van der Waals surface area contributed by atoms with Gasteiger partial charge in [-0.3, -0.25) is 4.79 Å². The number of likely N-dealkylation sites (tertiary alicyclic amines) is 1. The molecular weight excluding hydrogens is 248 g/mol. The summed E-state index contributed by atoms with van der Waals surface area (Å²) < 4.78 is 0. The van der Waals surface area contributed by atoms with Gasteiger partial charge in [0, 0.05) is 25.0 Å².